The topological polar surface area (TPSA) is 12.0 Å². The van der Waals surface area contributed by atoms with Gasteiger partial charge in [0.2, 0.25) is 0 Å². The molecule has 0 aromatic heterocycles. The molecule has 1 N–H and O–H groups in total. The van der Waals surface area contributed by atoms with Gasteiger partial charge in [0.25, 0.3) is 0 Å². The molecular formula is C10H22ClNSi. The van der Waals surface area contributed by atoms with Crippen molar-refractivity contribution >= 4 is 18.5 Å². The second kappa shape index (κ2) is 6.63. The summed E-state index contributed by atoms with van der Waals surface area (Å²) in [5.74, 6) is 0.735. The van der Waals surface area contributed by atoms with Gasteiger partial charge in [-0.15, -0.1) is 6.58 Å². The molecule has 0 radical (unpaired) electrons. The Kier molecular flexibility index (Phi) is 6.74. The molecule has 1 atom stereocenters. The normalized spacial score (nSPS) is 14.2. The number of nitrogens with one attached hydrogen (secondary N) is 1. The van der Waals surface area contributed by atoms with Crippen LogP contribution in [0.5, 0.6) is 0 Å². The zero-order chi connectivity index (χ0) is 10.3. The van der Waals surface area contributed by atoms with Gasteiger partial charge in [0.1, 0.15) is 0 Å². The summed E-state index contributed by atoms with van der Waals surface area (Å²) in [5.41, 5.74) is 0. The van der Waals surface area contributed by atoms with E-state index < -0.39 is 7.38 Å². The molecule has 0 rings (SSSR count). The average molecular weight is 220 g/mol. The lowest BCUT2D eigenvalue weighted by Gasteiger charge is -2.21. The van der Waals surface area contributed by atoms with Gasteiger partial charge in [-0.3, -0.25) is 0 Å². The Bertz CT molecular complexity index is 142. The summed E-state index contributed by atoms with van der Waals surface area (Å²) in [6, 6.07) is 1.20. The van der Waals surface area contributed by atoms with Crippen LogP contribution in [0.3, 0.4) is 0 Å². The Morgan fingerprint density at radius 3 is 2.54 bits per heavy atom. The molecule has 13 heavy (non-hydrogen) atoms. The van der Waals surface area contributed by atoms with Crippen LogP contribution in [0, 0.1) is 5.92 Å². The SMILES string of the molecule is C=CCNCC(CC)C[Si](C)(C)Cl. The van der Waals surface area contributed by atoms with E-state index in [-0.39, 0.29) is 0 Å². The van der Waals surface area contributed by atoms with Crippen LogP contribution in [0.4, 0.5) is 0 Å². The second-order valence-electron chi connectivity index (χ2n) is 4.14. The van der Waals surface area contributed by atoms with E-state index >= 15 is 0 Å². The monoisotopic (exact) mass is 219 g/mol. The third-order valence-corrected chi connectivity index (χ3v) is 4.08. The van der Waals surface area contributed by atoms with Crippen LogP contribution in [0.25, 0.3) is 0 Å². The van der Waals surface area contributed by atoms with Gasteiger partial charge in [0, 0.05) is 6.54 Å². The molecule has 0 fully saturated rings. The molecule has 0 saturated heterocycles. The van der Waals surface area contributed by atoms with E-state index in [9.17, 15) is 0 Å². The smallest absolute Gasteiger partial charge is 0.150 e. The van der Waals surface area contributed by atoms with Crippen molar-refractivity contribution in [3.05, 3.63) is 12.7 Å². The predicted molar refractivity (Wildman–Crippen MR) is 65.0 cm³/mol. The third kappa shape index (κ3) is 8.53. The summed E-state index contributed by atoms with van der Waals surface area (Å²) in [7, 11) is -1.40. The van der Waals surface area contributed by atoms with Crippen molar-refractivity contribution in [2.75, 3.05) is 13.1 Å². The van der Waals surface area contributed by atoms with Crippen molar-refractivity contribution in [2.24, 2.45) is 5.92 Å². The van der Waals surface area contributed by atoms with Gasteiger partial charge in [0.15, 0.2) is 7.38 Å². The molecule has 0 aromatic rings. The molecule has 3 heteroatoms. The summed E-state index contributed by atoms with van der Waals surface area (Å²) in [6.45, 7) is 12.3. The van der Waals surface area contributed by atoms with E-state index in [1.807, 2.05) is 6.08 Å². The van der Waals surface area contributed by atoms with Crippen LogP contribution < -0.4 is 5.32 Å². The third-order valence-electron chi connectivity index (χ3n) is 2.07. The van der Waals surface area contributed by atoms with E-state index in [1.165, 1.54) is 12.5 Å². The van der Waals surface area contributed by atoms with Crippen molar-refractivity contribution in [1.82, 2.24) is 5.32 Å². The average Bonchev–Trinajstić information content (AvgIpc) is 2.01. The Balaban J connectivity index is 3.69. The summed E-state index contributed by atoms with van der Waals surface area (Å²) >= 11 is 6.31. The maximum Gasteiger partial charge on any atom is 0.150 e. The standard InChI is InChI=1S/C10H22ClNSi/c1-5-7-12-8-10(6-2)9-13(3,4)11/h5,10,12H,1,6-9H2,2-4H3. The lowest BCUT2D eigenvalue weighted by atomic mass is 10.1. The Hall–Kier alpha value is 0.207. The maximum atomic E-state index is 6.31. The predicted octanol–water partition coefficient (Wildman–Crippen LogP) is 3.23. The first kappa shape index (κ1) is 13.2. The van der Waals surface area contributed by atoms with Crippen molar-refractivity contribution in [2.45, 2.75) is 32.5 Å². The molecule has 0 heterocycles. The molecule has 78 valence electrons. The molecule has 1 nitrogen and oxygen atoms in total. The zero-order valence-corrected chi connectivity index (χ0v) is 10.8. The van der Waals surface area contributed by atoms with Gasteiger partial charge in [0.05, 0.1) is 0 Å². The lowest BCUT2D eigenvalue weighted by molar-refractivity contribution is 0.512. The molecular weight excluding hydrogens is 198 g/mol. The van der Waals surface area contributed by atoms with Crippen molar-refractivity contribution in [3.63, 3.8) is 0 Å². The highest BCUT2D eigenvalue weighted by atomic mass is 35.6. The van der Waals surface area contributed by atoms with Gasteiger partial charge >= 0.3 is 0 Å². The summed E-state index contributed by atoms with van der Waals surface area (Å²) in [5, 5.41) is 3.35. The first-order valence-electron chi connectivity index (χ1n) is 5.00. The molecule has 0 saturated carbocycles. The van der Waals surface area contributed by atoms with Crippen molar-refractivity contribution in [1.29, 1.82) is 0 Å². The van der Waals surface area contributed by atoms with E-state index in [4.69, 9.17) is 11.1 Å². The summed E-state index contributed by atoms with van der Waals surface area (Å²) < 4.78 is 0. The van der Waals surface area contributed by atoms with Crippen LogP contribution in [-0.4, -0.2) is 20.5 Å². The minimum atomic E-state index is -1.40. The fourth-order valence-corrected chi connectivity index (χ4v) is 3.90. The van der Waals surface area contributed by atoms with E-state index in [2.05, 4.69) is 31.9 Å². The van der Waals surface area contributed by atoms with Crippen LogP contribution in [0.2, 0.25) is 19.1 Å². The highest BCUT2D eigenvalue weighted by molar-refractivity contribution is 7.19. The Morgan fingerprint density at radius 2 is 2.15 bits per heavy atom. The summed E-state index contributed by atoms with van der Waals surface area (Å²) in [4.78, 5) is 0. The number of hydrogen-bond acceptors (Lipinski definition) is 1. The largest absolute Gasteiger partial charge is 0.313 e. The van der Waals surface area contributed by atoms with E-state index in [1.54, 1.807) is 0 Å². The molecule has 0 aliphatic rings. The fraction of sp³-hybridized carbons (Fsp3) is 0.800. The van der Waals surface area contributed by atoms with Crippen molar-refractivity contribution < 1.29 is 0 Å². The number of halogens is 1. The molecule has 0 aliphatic carbocycles. The van der Waals surface area contributed by atoms with Gasteiger partial charge in [-0.05, 0) is 18.5 Å². The fourth-order valence-electron chi connectivity index (χ4n) is 1.44. The number of hydrogen-bond donors (Lipinski definition) is 1. The highest BCUT2D eigenvalue weighted by Gasteiger charge is 2.21. The van der Waals surface area contributed by atoms with Gasteiger partial charge in [-0.1, -0.05) is 32.5 Å². The van der Waals surface area contributed by atoms with Gasteiger partial charge in [-0.2, -0.15) is 11.1 Å². The zero-order valence-electron chi connectivity index (χ0n) is 9.07. The quantitative estimate of drug-likeness (QED) is 0.300. The van der Waals surface area contributed by atoms with Crippen LogP contribution >= 0.6 is 11.1 Å². The van der Waals surface area contributed by atoms with E-state index in [0.717, 1.165) is 19.0 Å². The van der Waals surface area contributed by atoms with Crippen LogP contribution in [0.1, 0.15) is 13.3 Å². The molecule has 1 unspecified atom stereocenters. The molecule has 0 aromatic carbocycles. The maximum absolute atomic E-state index is 6.31. The first-order chi connectivity index (χ1) is 5.99. The second-order valence-corrected chi connectivity index (χ2v) is 11.1. The first-order valence-corrected chi connectivity index (χ1v) is 9.22. The lowest BCUT2D eigenvalue weighted by Crippen LogP contribution is -2.28. The summed E-state index contributed by atoms with van der Waals surface area (Å²) in [6.07, 6.45) is 3.11. The molecule has 0 spiro atoms. The number of rotatable bonds is 7. The Labute approximate surface area is 88.3 Å². The minimum absolute atomic E-state index is 0.735. The van der Waals surface area contributed by atoms with E-state index in [0.29, 0.717) is 0 Å². The van der Waals surface area contributed by atoms with Gasteiger partial charge in [-0.25, -0.2) is 0 Å². The Morgan fingerprint density at radius 1 is 1.54 bits per heavy atom. The van der Waals surface area contributed by atoms with Gasteiger partial charge < -0.3 is 5.32 Å². The molecule has 0 bridgehead atoms. The molecule has 0 aliphatic heterocycles. The van der Waals surface area contributed by atoms with Crippen molar-refractivity contribution in [3.8, 4) is 0 Å². The molecule has 0 amide bonds. The van der Waals surface area contributed by atoms with Crippen LogP contribution in [0.15, 0.2) is 12.7 Å². The minimum Gasteiger partial charge on any atom is -0.313 e. The highest BCUT2D eigenvalue weighted by Crippen LogP contribution is 2.22. The van der Waals surface area contributed by atoms with Crippen LogP contribution in [-0.2, 0) is 0 Å².